The van der Waals surface area contributed by atoms with Gasteiger partial charge in [0.2, 0.25) is 0 Å². The van der Waals surface area contributed by atoms with Crippen molar-refractivity contribution in [2.24, 2.45) is 5.41 Å². The van der Waals surface area contributed by atoms with Crippen molar-refractivity contribution in [1.82, 2.24) is 5.32 Å². The Morgan fingerprint density at radius 2 is 1.94 bits per heavy atom. The molecule has 1 spiro atoms. The van der Waals surface area contributed by atoms with Crippen LogP contribution in [-0.2, 0) is 9.47 Å². The highest BCUT2D eigenvalue weighted by Gasteiger charge is 2.57. The number of hydrogen-bond donors (Lipinski definition) is 1. The van der Waals surface area contributed by atoms with Crippen molar-refractivity contribution in [3.63, 3.8) is 0 Å². The summed E-state index contributed by atoms with van der Waals surface area (Å²) in [4.78, 5) is 0. The van der Waals surface area contributed by atoms with E-state index < -0.39 is 0 Å². The van der Waals surface area contributed by atoms with Crippen molar-refractivity contribution in [3.05, 3.63) is 0 Å². The standard InChI is InChI=1S/C15H29NO2/c1-6-13(2,3)11-12-15(18-10-8-16-12)7-9-17-14(15,4)5/h12,16H,6-11H2,1-5H3. The minimum atomic E-state index is -0.186. The second-order valence-electron chi connectivity index (χ2n) is 7.08. The summed E-state index contributed by atoms with van der Waals surface area (Å²) in [5.41, 5.74) is 0.0244. The van der Waals surface area contributed by atoms with Gasteiger partial charge in [0, 0.05) is 19.0 Å². The SMILES string of the molecule is CCC(C)(C)CC1NCCOC12CCOC2(C)C. The lowest BCUT2D eigenvalue weighted by molar-refractivity contribution is -0.175. The fourth-order valence-corrected chi connectivity index (χ4v) is 3.39. The summed E-state index contributed by atoms with van der Waals surface area (Å²) in [5.74, 6) is 0. The first-order valence-corrected chi connectivity index (χ1v) is 7.34. The molecule has 3 nitrogen and oxygen atoms in total. The molecule has 1 N–H and O–H groups in total. The van der Waals surface area contributed by atoms with Crippen LogP contribution in [0.3, 0.4) is 0 Å². The molecule has 2 aliphatic rings. The first kappa shape index (κ1) is 14.3. The molecule has 2 atom stereocenters. The molecule has 0 aromatic heterocycles. The van der Waals surface area contributed by atoms with Crippen molar-refractivity contribution >= 4 is 0 Å². The molecule has 0 aromatic carbocycles. The van der Waals surface area contributed by atoms with E-state index >= 15 is 0 Å². The lowest BCUT2D eigenvalue weighted by Gasteiger charge is -2.50. The van der Waals surface area contributed by atoms with Gasteiger partial charge in [-0.3, -0.25) is 0 Å². The molecule has 2 heterocycles. The van der Waals surface area contributed by atoms with Crippen molar-refractivity contribution in [1.29, 1.82) is 0 Å². The number of rotatable bonds is 3. The van der Waals surface area contributed by atoms with Gasteiger partial charge in [-0.25, -0.2) is 0 Å². The van der Waals surface area contributed by atoms with Gasteiger partial charge < -0.3 is 14.8 Å². The first-order chi connectivity index (χ1) is 8.33. The fraction of sp³-hybridized carbons (Fsp3) is 1.00. The third kappa shape index (κ3) is 2.33. The average molecular weight is 255 g/mol. The van der Waals surface area contributed by atoms with Crippen LogP contribution in [0.1, 0.15) is 53.9 Å². The van der Waals surface area contributed by atoms with Crippen molar-refractivity contribution < 1.29 is 9.47 Å². The Hall–Kier alpha value is -0.120. The molecule has 0 radical (unpaired) electrons. The Morgan fingerprint density at radius 3 is 2.50 bits per heavy atom. The summed E-state index contributed by atoms with van der Waals surface area (Å²) in [6.07, 6.45) is 3.36. The maximum atomic E-state index is 6.26. The van der Waals surface area contributed by atoms with E-state index in [1.807, 2.05) is 0 Å². The van der Waals surface area contributed by atoms with Gasteiger partial charge >= 0.3 is 0 Å². The zero-order chi connectivity index (χ0) is 13.4. The average Bonchev–Trinajstić information content (AvgIpc) is 2.58. The topological polar surface area (TPSA) is 30.5 Å². The quantitative estimate of drug-likeness (QED) is 0.841. The highest BCUT2D eigenvalue weighted by Crippen LogP contribution is 2.45. The third-order valence-electron chi connectivity index (χ3n) is 5.08. The van der Waals surface area contributed by atoms with Gasteiger partial charge in [0.1, 0.15) is 5.60 Å². The van der Waals surface area contributed by atoms with Crippen LogP contribution in [0.15, 0.2) is 0 Å². The number of morpholine rings is 1. The van der Waals surface area contributed by atoms with Crippen LogP contribution in [-0.4, -0.2) is 37.0 Å². The van der Waals surface area contributed by atoms with E-state index in [0.717, 1.165) is 32.6 Å². The summed E-state index contributed by atoms with van der Waals surface area (Å²) in [6.45, 7) is 13.9. The molecule has 2 unspecified atom stereocenters. The second kappa shape index (κ2) is 4.77. The second-order valence-corrected chi connectivity index (χ2v) is 7.08. The number of hydrogen-bond acceptors (Lipinski definition) is 3. The van der Waals surface area contributed by atoms with E-state index in [2.05, 4.69) is 39.9 Å². The van der Waals surface area contributed by atoms with Crippen LogP contribution in [0, 0.1) is 5.41 Å². The summed E-state index contributed by atoms with van der Waals surface area (Å²) < 4.78 is 12.2. The minimum absolute atomic E-state index is 0.141. The molecule has 2 rings (SSSR count). The Balaban J connectivity index is 2.21. The molecule has 0 aromatic rings. The highest BCUT2D eigenvalue weighted by atomic mass is 16.6. The van der Waals surface area contributed by atoms with Gasteiger partial charge in [-0.05, 0) is 25.7 Å². The molecule has 0 bridgehead atoms. The molecule has 2 aliphatic heterocycles. The number of ether oxygens (including phenoxy) is 2. The maximum absolute atomic E-state index is 6.26. The lowest BCUT2D eigenvalue weighted by atomic mass is 9.71. The predicted octanol–water partition coefficient (Wildman–Crippen LogP) is 2.74. The molecule has 2 saturated heterocycles. The first-order valence-electron chi connectivity index (χ1n) is 7.34. The van der Waals surface area contributed by atoms with E-state index in [1.165, 1.54) is 6.42 Å². The van der Waals surface area contributed by atoms with Gasteiger partial charge in [-0.2, -0.15) is 0 Å². The molecule has 106 valence electrons. The van der Waals surface area contributed by atoms with E-state index in [0.29, 0.717) is 11.5 Å². The van der Waals surface area contributed by atoms with Crippen LogP contribution >= 0.6 is 0 Å². The maximum Gasteiger partial charge on any atom is 0.114 e. The van der Waals surface area contributed by atoms with Crippen molar-refractivity contribution in [3.8, 4) is 0 Å². The molecule has 0 saturated carbocycles. The van der Waals surface area contributed by atoms with Gasteiger partial charge in [0.05, 0.1) is 18.8 Å². The molecule has 0 amide bonds. The largest absolute Gasteiger partial charge is 0.372 e. The van der Waals surface area contributed by atoms with Crippen molar-refractivity contribution in [2.45, 2.75) is 71.1 Å². The Bertz CT molecular complexity index is 301. The van der Waals surface area contributed by atoms with Gasteiger partial charge in [-0.1, -0.05) is 27.2 Å². The molecule has 18 heavy (non-hydrogen) atoms. The molecule has 0 aliphatic carbocycles. The monoisotopic (exact) mass is 255 g/mol. The zero-order valence-corrected chi connectivity index (χ0v) is 12.6. The van der Waals surface area contributed by atoms with Gasteiger partial charge in [0.25, 0.3) is 0 Å². The van der Waals surface area contributed by atoms with Crippen LogP contribution in [0.2, 0.25) is 0 Å². The van der Waals surface area contributed by atoms with Crippen molar-refractivity contribution in [2.75, 3.05) is 19.8 Å². The van der Waals surface area contributed by atoms with E-state index in [9.17, 15) is 0 Å². The normalized spacial score (nSPS) is 36.2. The summed E-state index contributed by atoms with van der Waals surface area (Å²) >= 11 is 0. The fourth-order valence-electron chi connectivity index (χ4n) is 3.39. The summed E-state index contributed by atoms with van der Waals surface area (Å²) in [6, 6.07) is 0.402. The number of nitrogens with one attached hydrogen (secondary N) is 1. The summed E-state index contributed by atoms with van der Waals surface area (Å²) in [7, 11) is 0. The van der Waals surface area contributed by atoms with Gasteiger partial charge in [0.15, 0.2) is 0 Å². The Labute approximate surface area is 112 Å². The van der Waals surface area contributed by atoms with Gasteiger partial charge in [-0.15, -0.1) is 0 Å². The van der Waals surface area contributed by atoms with Crippen LogP contribution < -0.4 is 5.32 Å². The van der Waals surface area contributed by atoms with Crippen LogP contribution in [0.5, 0.6) is 0 Å². The summed E-state index contributed by atoms with van der Waals surface area (Å²) in [5, 5.41) is 3.69. The molecule has 2 fully saturated rings. The molecular formula is C15H29NO2. The predicted molar refractivity (Wildman–Crippen MR) is 73.8 cm³/mol. The minimum Gasteiger partial charge on any atom is -0.372 e. The van der Waals surface area contributed by atoms with E-state index in [4.69, 9.17) is 9.47 Å². The third-order valence-corrected chi connectivity index (χ3v) is 5.08. The Morgan fingerprint density at radius 1 is 1.22 bits per heavy atom. The molecular weight excluding hydrogens is 226 g/mol. The zero-order valence-electron chi connectivity index (χ0n) is 12.6. The van der Waals surface area contributed by atoms with E-state index in [-0.39, 0.29) is 11.2 Å². The Kier molecular flexibility index (Phi) is 3.79. The molecule has 3 heteroatoms. The van der Waals surface area contributed by atoms with Crippen LogP contribution in [0.25, 0.3) is 0 Å². The lowest BCUT2D eigenvalue weighted by Crippen LogP contribution is -2.66. The van der Waals surface area contributed by atoms with E-state index in [1.54, 1.807) is 0 Å². The highest BCUT2D eigenvalue weighted by molar-refractivity contribution is 5.10. The van der Waals surface area contributed by atoms with Crippen LogP contribution in [0.4, 0.5) is 0 Å². The smallest absolute Gasteiger partial charge is 0.114 e.